The van der Waals surface area contributed by atoms with Crippen molar-refractivity contribution in [2.24, 2.45) is 5.92 Å². The molecule has 1 aliphatic rings. The van der Waals surface area contributed by atoms with Crippen molar-refractivity contribution in [3.05, 3.63) is 35.4 Å². The number of amides is 2. The van der Waals surface area contributed by atoms with Crippen molar-refractivity contribution in [3.8, 4) is 0 Å². The predicted molar refractivity (Wildman–Crippen MR) is 75.8 cm³/mol. The fourth-order valence-electron chi connectivity index (χ4n) is 2.35. The zero-order valence-corrected chi connectivity index (χ0v) is 11.6. The Labute approximate surface area is 118 Å². The number of aromatic carboxylic acids is 1. The molecule has 2 amide bonds. The minimum atomic E-state index is -0.936. The molecule has 5 nitrogen and oxygen atoms in total. The molecular formula is C15H20N2O3. The SMILES string of the molecule is CCC1CC1NC(=O)NCCc1ccccc1C(=O)O. The van der Waals surface area contributed by atoms with Gasteiger partial charge in [0.1, 0.15) is 0 Å². The summed E-state index contributed by atoms with van der Waals surface area (Å²) in [5, 5.41) is 14.7. The molecule has 5 heteroatoms. The van der Waals surface area contributed by atoms with E-state index in [1.165, 1.54) is 0 Å². The number of hydrogen-bond acceptors (Lipinski definition) is 2. The second kappa shape index (κ2) is 6.41. The standard InChI is InChI=1S/C15H20N2O3/c1-2-10-9-13(10)17-15(20)16-8-7-11-5-3-4-6-12(11)14(18)19/h3-6,10,13H,2,7-9H2,1H3,(H,18,19)(H2,16,17,20). The van der Waals surface area contributed by atoms with Gasteiger partial charge in [0.05, 0.1) is 5.56 Å². The van der Waals surface area contributed by atoms with Crippen molar-refractivity contribution in [1.82, 2.24) is 10.6 Å². The minimum absolute atomic E-state index is 0.168. The number of nitrogens with one attached hydrogen (secondary N) is 2. The Hall–Kier alpha value is -2.04. The molecule has 2 unspecified atom stereocenters. The number of hydrogen-bond donors (Lipinski definition) is 3. The molecule has 0 aliphatic heterocycles. The molecule has 0 aromatic heterocycles. The lowest BCUT2D eigenvalue weighted by atomic mass is 10.0. The number of carboxylic acids is 1. The summed E-state index contributed by atoms with van der Waals surface area (Å²) in [7, 11) is 0. The highest BCUT2D eigenvalue weighted by Gasteiger charge is 2.36. The normalized spacial score (nSPS) is 20.2. The maximum atomic E-state index is 11.6. The van der Waals surface area contributed by atoms with Crippen molar-refractivity contribution in [2.45, 2.75) is 32.2 Å². The van der Waals surface area contributed by atoms with Gasteiger partial charge in [-0.3, -0.25) is 0 Å². The number of benzene rings is 1. The molecule has 20 heavy (non-hydrogen) atoms. The molecule has 3 N–H and O–H groups in total. The van der Waals surface area contributed by atoms with Crippen LogP contribution < -0.4 is 10.6 Å². The molecule has 0 spiro atoms. The van der Waals surface area contributed by atoms with Gasteiger partial charge in [-0.1, -0.05) is 31.5 Å². The van der Waals surface area contributed by atoms with Gasteiger partial charge in [-0.15, -0.1) is 0 Å². The second-order valence-electron chi connectivity index (χ2n) is 5.12. The predicted octanol–water partition coefficient (Wildman–Crippen LogP) is 2.02. The van der Waals surface area contributed by atoms with Gasteiger partial charge in [-0.2, -0.15) is 0 Å². The van der Waals surface area contributed by atoms with Crippen LogP contribution in [0.25, 0.3) is 0 Å². The average Bonchev–Trinajstić information content (AvgIpc) is 3.17. The number of urea groups is 1. The Morgan fingerprint density at radius 1 is 1.35 bits per heavy atom. The Morgan fingerprint density at radius 2 is 2.10 bits per heavy atom. The van der Waals surface area contributed by atoms with E-state index in [4.69, 9.17) is 5.11 Å². The zero-order chi connectivity index (χ0) is 14.5. The lowest BCUT2D eigenvalue weighted by Gasteiger charge is -2.08. The third-order valence-corrected chi connectivity index (χ3v) is 3.69. The van der Waals surface area contributed by atoms with Crippen LogP contribution in [0.2, 0.25) is 0 Å². The molecule has 2 rings (SSSR count). The van der Waals surface area contributed by atoms with E-state index in [0.717, 1.165) is 18.4 Å². The third-order valence-electron chi connectivity index (χ3n) is 3.69. The second-order valence-corrected chi connectivity index (χ2v) is 5.12. The van der Waals surface area contributed by atoms with Crippen molar-refractivity contribution in [2.75, 3.05) is 6.54 Å². The molecule has 1 aromatic rings. The number of carbonyl (C=O) groups is 2. The molecule has 1 aliphatic carbocycles. The first-order valence-corrected chi connectivity index (χ1v) is 6.97. The average molecular weight is 276 g/mol. The van der Waals surface area contributed by atoms with Gasteiger partial charge in [-0.05, 0) is 30.4 Å². The molecule has 0 saturated heterocycles. The summed E-state index contributed by atoms with van der Waals surface area (Å²) in [6.07, 6.45) is 2.67. The van der Waals surface area contributed by atoms with Crippen LogP contribution in [0.15, 0.2) is 24.3 Å². The van der Waals surface area contributed by atoms with Gasteiger partial charge in [0, 0.05) is 12.6 Å². The van der Waals surface area contributed by atoms with Crippen molar-refractivity contribution in [1.29, 1.82) is 0 Å². The quantitative estimate of drug-likeness (QED) is 0.744. The summed E-state index contributed by atoms with van der Waals surface area (Å²) in [6.45, 7) is 2.55. The Bertz CT molecular complexity index is 502. The highest BCUT2D eigenvalue weighted by molar-refractivity contribution is 5.89. The van der Waals surface area contributed by atoms with E-state index in [9.17, 15) is 9.59 Å². The number of carbonyl (C=O) groups excluding carboxylic acids is 1. The first-order valence-electron chi connectivity index (χ1n) is 6.97. The van der Waals surface area contributed by atoms with Crippen LogP contribution in [0.1, 0.15) is 35.7 Å². The maximum absolute atomic E-state index is 11.6. The summed E-state index contributed by atoms with van der Waals surface area (Å²) < 4.78 is 0. The highest BCUT2D eigenvalue weighted by Crippen LogP contribution is 2.32. The van der Waals surface area contributed by atoms with Crippen LogP contribution in [0, 0.1) is 5.92 Å². The Morgan fingerprint density at radius 3 is 2.75 bits per heavy atom. The largest absolute Gasteiger partial charge is 0.478 e. The van der Waals surface area contributed by atoms with E-state index < -0.39 is 5.97 Å². The van der Waals surface area contributed by atoms with Crippen LogP contribution in [-0.4, -0.2) is 29.7 Å². The number of rotatable bonds is 6. The summed E-state index contributed by atoms with van der Waals surface area (Å²) in [6, 6.07) is 7.00. The van der Waals surface area contributed by atoms with Crippen molar-refractivity contribution >= 4 is 12.0 Å². The number of carboxylic acid groups (broad SMARTS) is 1. The van der Waals surface area contributed by atoms with Crippen LogP contribution in [-0.2, 0) is 6.42 Å². The van der Waals surface area contributed by atoms with E-state index in [-0.39, 0.29) is 6.03 Å². The zero-order valence-electron chi connectivity index (χ0n) is 11.6. The minimum Gasteiger partial charge on any atom is -0.478 e. The molecule has 0 heterocycles. The van der Waals surface area contributed by atoms with Gasteiger partial charge in [0.25, 0.3) is 0 Å². The lowest BCUT2D eigenvalue weighted by Crippen LogP contribution is -2.38. The molecule has 108 valence electrons. The van der Waals surface area contributed by atoms with Crippen LogP contribution in [0.5, 0.6) is 0 Å². The molecule has 0 radical (unpaired) electrons. The monoisotopic (exact) mass is 276 g/mol. The topological polar surface area (TPSA) is 78.4 Å². The van der Waals surface area contributed by atoms with E-state index in [1.807, 2.05) is 0 Å². The van der Waals surface area contributed by atoms with Crippen LogP contribution in [0.3, 0.4) is 0 Å². The van der Waals surface area contributed by atoms with Gasteiger partial charge < -0.3 is 15.7 Å². The van der Waals surface area contributed by atoms with Gasteiger partial charge in [0.2, 0.25) is 0 Å². The first kappa shape index (κ1) is 14.4. The molecule has 0 bridgehead atoms. The van der Waals surface area contributed by atoms with Crippen molar-refractivity contribution < 1.29 is 14.7 Å². The fraction of sp³-hybridized carbons (Fsp3) is 0.467. The Kier molecular flexibility index (Phi) is 4.61. The fourth-order valence-corrected chi connectivity index (χ4v) is 2.35. The summed E-state index contributed by atoms with van der Waals surface area (Å²) in [4.78, 5) is 22.7. The maximum Gasteiger partial charge on any atom is 0.335 e. The lowest BCUT2D eigenvalue weighted by molar-refractivity contribution is 0.0695. The summed E-state index contributed by atoms with van der Waals surface area (Å²) >= 11 is 0. The van der Waals surface area contributed by atoms with Gasteiger partial charge in [0.15, 0.2) is 0 Å². The smallest absolute Gasteiger partial charge is 0.335 e. The summed E-state index contributed by atoms with van der Waals surface area (Å²) in [5.74, 6) is -0.317. The third kappa shape index (κ3) is 3.73. The van der Waals surface area contributed by atoms with E-state index in [0.29, 0.717) is 30.5 Å². The van der Waals surface area contributed by atoms with Gasteiger partial charge in [-0.25, -0.2) is 9.59 Å². The molecule has 1 saturated carbocycles. The van der Waals surface area contributed by atoms with Crippen molar-refractivity contribution in [3.63, 3.8) is 0 Å². The molecular weight excluding hydrogens is 256 g/mol. The molecule has 1 fully saturated rings. The summed E-state index contributed by atoms with van der Waals surface area (Å²) in [5.41, 5.74) is 1.03. The van der Waals surface area contributed by atoms with E-state index in [1.54, 1.807) is 24.3 Å². The first-order chi connectivity index (χ1) is 9.61. The Balaban J connectivity index is 1.76. The van der Waals surface area contributed by atoms with E-state index in [2.05, 4.69) is 17.6 Å². The van der Waals surface area contributed by atoms with E-state index >= 15 is 0 Å². The molecule has 2 atom stereocenters. The van der Waals surface area contributed by atoms with Crippen LogP contribution in [0.4, 0.5) is 4.79 Å². The van der Waals surface area contributed by atoms with Crippen LogP contribution >= 0.6 is 0 Å². The molecule has 1 aromatic carbocycles. The van der Waals surface area contributed by atoms with Gasteiger partial charge >= 0.3 is 12.0 Å². The highest BCUT2D eigenvalue weighted by atomic mass is 16.4.